The standard InChI is InChI=1S/C18H14ClFN2O6/c1-10(18(25)28-9-16(23)11-2-5-13(20)6-3-11)21-17(24)12-4-7-14(19)15(8-12)22(26)27/h2-8,10H,9H2,1H3,(H,21,24)/t10-/m0/s1. The van der Waals surface area contributed by atoms with Crippen LogP contribution in [0.15, 0.2) is 42.5 Å². The van der Waals surface area contributed by atoms with E-state index in [2.05, 4.69) is 5.32 Å². The van der Waals surface area contributed by atoms with Crippen LogP contribution in [0.3, 0.4) is 0 Å². The van der Waals surface area contributed by atoms with Crippen LogP contribution in [0.2, 0.25) is 5.02 Å². The number of hydrogen-bond donors (Lipinski definition) is 1. The zero-order valence-corrected chi connectivity index (χ0v) is 15.2. The number of nitrogens with zero attached hydrogens (tertiary/aromatic N) is 1. The summed E-state index contributed by atoms with van der Waals surface area (Å²) >= 11 is 5.68. The third kappa shape index (κ3) is 5.34. The Labute approximate surface area is 163 Å². The Hall–Kier alpha value is -3.33. The molecule has 0 aromatic heterocycles. The van der Waals surface area contributed by atoms with Crippen molar-refractivity contribution in [2.24, 2.45) is 0 Å². The molecule has 0 fully saturated rings. The first kappa shape index (κ1) is 21.0. The molecule has 0 saturated carbocycles. The lowest BCUT2D eigenvalue weighted by molar-refractivity contribution is -0.384. The quantitative estimate of drug-likeness (QED) is 0.326. The van der Waals surface area contributed by atoms with E-state index in [1.807, 2.05) is 0 Å². The molecule has 1 atom stereocenters. The topological polar surface area (TPSA) is 116 Å². The molecule has 0 saturated heterocycles. The summed E-state index contributed by atoms with van der Waals surface area (Å²) in [5.74, 6) is -2.69. The predicted molar refractivity (Wildman–Crippen MR) is 96.7 cm³/mol. The van der Waals surface area contributed by atoms with Crippen molar-refractivity contribution in [2.75, 3.05) is 6.61 Å². The SMILES string of the molecule is C[C@H](NC(=O)c1ccc(Cl)c([N+](=O)[O-])c1)C(=O)OCC(=O)c1ccc(F)cc1. The van der Waals surface area contributed by atoms with Gasteiger partial charge in [-0.3, -0.25) is 19.7 Å². The van der Waals surface area contributed by atoms with Gasteiger partial charge in [-0.15, -0.1) is 0 Å². The molecule has 28 heavy (non-hydrogen) atoms. The number of carbonyl (C=O) groups excluding carboxylic acids is 3. The van der Waals surface area contributed by atoms with Crippen molar-refractivity contribution in [1.29, 1.82) is 0 Å². The number of esters is 1. The largest absolute Gasteiger partial charge is 0.456 e. The van der Waals surface area contributed by atoms with Gasteiger partial charge in [-0.2, -0.15) is 0 Å². The third-order valence-electron chi connectivity index (χ3n) is 3.62. The van der Waals surface area contributed by atoms with E-state index in [1.165, 1.54) is 31.2 Å². The van der Waals surface area contributed by atoms with Crippen LogP contribution < -0.4 is 5.32 Å². The van der Waals surface area contributed by atoms with Gasteiger partial charge < -0.3 is 10.1 Å². The minimum atomic E-state index is -1.12. The highest BCUT2D eigenvalue weighted by atomic mass is 35.5. The Morgan fingerprint density at radius 2 is 1.79 bits per heavy atom. The summed E-state index contributed by atoms with van der Waals surface area (Å²) in [7, 11) is 0. The molecule has 0 aliphatic carbocycles. The van der Waals surface area contributed by atoms with E-state index >= 15 is 0 Å². The fourth-order valence-electron chi connectivity index (χ4n) is 2.11. The van der Waals surface area contributed by atoms with Gasteiger partial charge in [0.15, 0.2) is 12.4 Å². The molecular formula is C18H14ClFN2O6. The van der Waals surface area contributed by atoms with Crippen LogP contribution in [0.1, 0.15) is 27.6 Å². The fraction of sp³-hybridized carbons (Fsp3) is 0.167. The molecule has 0 heterocycles. The number of ketones is 1. The van der Waals surface area contributed by atoms with E-state index in [0.717, 1.165) is 18.2 Å². The number of rotatable bonds is 7. The van der Waals surface area contributed by atoms with E-state index in [9.17, 15) is 28.9 Å². The summed E-state index contributed by atoms with van der Waals surface area (Å²) in [5.41, 5.74) is -0.355. The minimum absolute atomic E-state index is 0.0712. The maximum absolute atomic E-state index is 12.8. The van der Waals surface area contributed by atoms with Crippen molar-refractivity contribution in [1.82, 2.24) is 5.32 Å². The number of hydrogen-bond acceptors (Lipinski definition) is 6. The van der Waals surface area contributed by atoms with E-state index in [4.69, 9.17) is 16.3 Å². The summed E-state index contributed by atoms with van der Waals surface area (Å²) in [6, 6.07) is 7.03. The summed E-state index contributed by atoms with van der Waals surface area (Å²) in [6.07, 6.45) is 0. The second-order valence-electron chi connectivity index (χ2n) is 5.66. The van der Waals surface area contributed by atoms with Gasteiger partial charge in [-0.25, -0.2) is 9.18 Å². The molecule has 0 aliphatic heterocycles. The van der Waals surface area contributed by atoms with E-state index in [0.29, 0.717) is 0 Å². The van der Waals surface area contributed by atoms with Crippen molar-refractivity contribution < 1.29 is 28.4 Å². The summed E-state index contributed by atoms with van der Waals surface area (Å²) in [4.78, 5) is 46.1. The smallest absolute Gasteiger partial charge is 0.328 e. The summed E-state index contributed by atoms with van der Waals surface area (Å²) < 4.78 is 17.7. The summed E-state index contributed by atoms with van der Waals surface area (Å²) in [6.45, 7) is 0.740. The van der Waals surface area contributed by atoms with Gasteiger partial charge >= 0.3 is 5.97 Å². The highest BCUT2D eigenvalue weighted by molar-refractivity contribution is 6.32. The highest BCUT2D eigenvalue weighted by Gasteiger charge is 2.21. The van der Waals surface area contributed by atoms with Gasteiger partial charge in [-0.05, 0) is 43.3 Å². The van der Waals surface area contributed by atoms with Crippen LogP contribution in [0, 0.1) is 15.9 Å². The van der Waals surface area contributed by atoms with Crippen LogP contribution in [0.4, 0.5) is 10.1 Å². The maximum atomic E-state index is 12.8. The van der Waals surface area contributed by atoms with Gasteiger partial charge in [0.1, 0.15) is 16.9 Å². The van der Waals surface area contributed by atoms with Gasteiger partial charge in [0.2, 0.25) is 0 Å². The highest BCUT2D eigenvalue weighted by Crippen LogP contribution is 2.25. The first-order valence-corrected chi connectivity index (χ1v) is 8.27. The van der Waals surface area contributed by atoms with Crippen LogP contribution in [0.5, 0.6) is 0 Å². The zero-order chi connectivity index (χ0) is 20.8. The van der Waals surface area contributed by atoms with Crippen LogP contribution in [0.25, 0.3) is 0 Å². The third-order valence-corrected chi connectivity index (χ3v) is 3.94. The number of carbonyl (C=O) groups is 3. The number of nitro groups is 1. The van der Waals surface area contributed by atoms with Gasteiger partial charge in [0.05, 0.1) is 4.92 Å². The molecular weight excluding hydrogens is 395 g/mol. The van der Waals surface area contributed by atoms with Gasteiger partial charge in [0, 0.05) is 17.2 Å². The predicted octanol–water partition coefficient (Wildman–Crippen LogP) is 2.93. The molecule has 2 aromatic carbocycles. The Morgan fingerprint density at radius 3 is 2.39 bits per heavy atom. The van der Waals surface area contributed by atoms with Gasteiger partial charge in [-0.1, -0.05) is 11.6 Å². The Morgan fingerprint density at radius 1 is 1.18 bits per heavy atom. The molecule has 10 heteroatoms. The number of Topliss-reactive ketones (excluding diaryl/α,β-unsaturated/α-hetero) is 1. The van der Waals surface area contributed by atoms with E-state index in [-0.39, 0.29) is 16.1 Å². The Kier molecular flexibility index (Phi) is 6.78. The van der Waals surface area contributed by atoms with Crippen molar-refractivity contribution >= 4 is 34.9 Å². The normalized spacial score (nSPS) is 11.4. The summed E-state index contributed by atoms with van der Waals surface area (Å²) in [5, 5.41) is 13.1. The number of amides is 1. The molecule has 0 unspecified atom stereocenters. The minimum Gasteiger partial charge on any atom is -0.456 e. The average Bonchev–Trinajstić information content (AvgIpc) is 2.66. The second-order valence-corrected chi connectivity index (χ2v) is 6.06. The number of benzene rings is 2. The van der Waals surface area contributed by atoms with Crippen molar-refractivity contribution in [3.05, 3.63) is 74.5 Å². The second kappa shape index (κ2) is 9.05. The monoisotopic (exact) mass is 408 g/mol. The fourth-order valence-corrected chi connectivity index (χ4v) is 2.30. The molecule has 2 aromatic rings. The lowest BCUT2D eigenvalue weighted by Gasteiger charge is -2.13. The molecule has 0 radical (unpaired) electrons. The number of ether oxygens (including phenoxy) is 1. The van der Waals surface area contributed by atoms with Crippen LogP contribution >= 0.6 is 11.6 Å². The lowest BCUT2D eigenvalue weighted by atomic mass is 10.1. The molecule has 2 rings (SSSR count). The van der Waals surface area contributed by atoms with Crippen molar-refractivity contribution in [3.8, 4) is 0 Å². The molecule has 146 valence electrons. The van der Waals surface area contributed by atoms with Crippen molar-refractivity contribution in [2.45, 2.75) is 13.0 Å². The number of nitro benzene ring substituents is 1. The van der Waals surface area contributed by atoms with Crippen molar-refractivity contribution in [3.63, 3.8) is 0 Å². The van der Waals surface area contributed by atoms with Crippen LogP contribution in [-0.4, -0.2) is 35.2 Å². The van der Waals surface area contributed by atoms with E-state index in [1.54, 1.807) is 0 Å². The Balaban J connectivity index is 1.93. The zero-order valence-electron chi connectivity index (χ0n) is 14.5. The van der Waals surface area contributed by atoms with Gasteiger partial charge in [0.25, 0.3) is 11.6 Å². The first-order chi connectivity index (χ1) is 13.2. The maximum Gasteiger partial charge on any atom is 0.328 e. The molecule has 1 N–H and O–H groups in total. The van der Waals surface area contributed by atoms with E-state index < -0.39 is 46.7 Å². The molecule has 0 bridgehead atoms. The molecule has 1 amide bonds. The number of nitrogens with one attached hydrogen (secondary N) is 1. The Bertz CT molecular complexity index is 932. The van der Waals surface area contributed by atoms with Crippen LogP contribution in [-0.2, 0) is 9.53 Å². The molecule has 8 nitrogen and oxygen atoms in total. The molecule has 0 spiro atoms. The first-order valence-electron chi connectivity index (χ1n) is 7.89. The lowest BCUT2D eigenvalue weighted by Crippen LogP contribution is -2.40. The number of halogens is 2. The molecule has 0 aliphatic rings. The average molecular weight is 409 g/mol.